The molecule has 0 aliphatic rings. The van der Waals surface area contributed by atoms with Gasteiger partial charge in [-0.1, -0.05) is 12.1 Å². The number of likely N-dealkylation sites (N-methyl/N-ethyl adjacent to an activating group) is 1. The molecule has 0 saturated heterocycles. The molecule has 5 heteroatoms. The van der Waals surface area contributed by atoms with Crippen LogP contribution < -0.4 is 10.1 Å². The fourth-order valence-corrected chi connectivity index (χ4v) is 3.03. The molecule has 2 heterocycles. The van der Waals surface area contributed by atoms with Gasteiger partial charge in [0.05, 0.1) is 12.8 Å². The second-order valence-corrected chi connectivity index (χ2v) is 5.52. The van der Waals surface area contributed by atoms with Crippen molar-refractivity contribution in [2.45, 2.75) is 12.5 Å². The number of nitrogens with zero attached hydrogens (tertiary/aromatic N) is 2. The van der Waals surface area contributed by atoms with Crippen LogP contribution in [0.1, 0.15) is 17.3 Å². The van der Waals surface area contributed by atoms with Crippen molar-refractivity contribution in [1.82, 2.24) is 14.7 Å². The van der Waals surface area contributed by atoms with Crippen molar-refractivity contribution in [2.75, 3.05) is 14.2 Å². The van der Waals surface area contributed by atoms with Crippen LogP contribution in [0.15, 0.2) is 42.0 Å². The lowest BCUT2D eigenvalue weighted by atomic mass is 10.0. The van der Waals surface area contributed by atoms with E-state index < -0.39 is 0 Å². The van der Waals surface area contributed by atoms with Crippen LogP contribution in [0, 0.1) is 0 Å². The predicted octanol–water partition coefficient (Wildman–Crippen LogP) is 2.91. The monoisotopic (exact) mass is 287 g/mol. The number of ether oxygens (including phenoxy) is 1. The van der Waals surface area contributed by atoms with Gasteiger partial charge in [-0.3, -0.25) is 4.40 Å². The van der Waals surface area contributed by atoms with Crippen LogP contribution in [0.4, 0.5) is 0 Å². The molecule has 3 aromatic rings. The molecule has 1 unspecified atom stereocenters. The van der Waals surface area contributed by atoms with E-state index in [1.807, 2.05) is 30.8 Å². The molecule has 0 spiro atoms. The smallest absolute Gasteiger partial charge is 0.193 e. The summed E-state index contributed by atoms with van der Waals surface area (Å²) in [5.74, 6) is 0.881. The number of aromatic nitrogens is 2. The number of rotatable bonds is 5. The lowest BCUT2D eigenvalue weighted by molar-refractivity contribution is 0.414. The van der Waals surface area contributed by atoms with Gasteiger partial charge in [0.15, 0.2) is 4.96 Å². The number of benzene rings is 1. The minimum absolute atomic E-state index is 0.255. The number of hydrogen-bond donors (Lipinski definition) is 1. The van der Waals surface area contributed by atoms with Crippen LogP contribution in [-0.2, 0) is 6.42 Å². The first-order valence-corrected chi connectivity index (χ1v) is 7.40. The molecule has 1 atom stereocenters. The second kappa shape index (κ2) is 5.64. The van der Waals surface area contributed by atoms with Crippen LogP contribution >= 0.6 is 11.3 Å². The summed E-state index contributed by atoms with van der Waals surface area (Å²) in [6, 6.07) is 8.43. The summed E-state index contributed by atoms with van der Waals surface area (Å²) >= 11 is 1.66. The fourth-order valence-electron chi connectivity index (χ4n) is 2.31. The van der Waals surface area contributed by atoms with Gasteiger partial charge in [-0.15, -0.1) is 11.3 Å². The number of methoxy groups -OCH3 is 1. The minimum Gasteiger partial charge on any atom is -0.497 e. The highest BCUT2D eigenvalue weighted by Gasteiger charge is 2.13. The Morgan fingerprint density at radius 2 is 2.15 bits per heavy atom. The fraction of sp³-hybridized carbons (Fsp3) is 0.267. The lowest BCUT2D eigenvalue weighted by Crippen LogP contribution is -2.18. The highest BCUT2D eigenvalue weighted by molar-refractivity contribution is 7.15. The highest BCUT2D eigenvalue weighted by atomic mass is 32.1. The normalized spacial score (nSPS) is 12.7. The summed E-state index contributed by atoms with van der Waals surface area (Å²) in [7, 11) is 3.66. The Morgan fingerprint density at radius 1 is 1.35 bits per heavy atom. The average Bonchev–Trinajstić information content (AvgIpc) is 3.06. The zero-order valence-electron chi connectivity index (χ0n) is 11.5. The first kappa shape index (κ1) is 13.1. The van der Waals surface area contributed by atoms with Gasteiger partial charge >= 0.3 is 0 Å². The van der Waals surface area contributed by atoms with E-state index in [-0.39, 0.29) is 6.04 Å². The number of thiazole rings is 1. The van der Waals surface area contributed by atoms with Gasteiger partial charge in [-0.2, -0.15) is 0 Å². The molecule has 0 aliphatic carbocycles. The van der Waals surface area contributed by atoms with E-state index in [9.17, 15) is 0 Å². The first-order valence-electron chi connectivity index (χ1n) is 6.52. The van der Waals surface area contributed by atoms with Gasteiger partial charge < -0.3 is 10.1 Å². The molecule has 2 aromatic heterocycles. The molecule has 0 radical (unpaired) electrons. The Morgan fingerprint density at radius 3 is 2.80 bits per heavy atom. The van der Waals surface area contributed by atoms with Crippen molar-refractivity contribution in [3.05, 3.63) is 53.3 Å². The number of imidazole rings is 1. The largest absolute Gasteiger partial charge is 0.497 e. The van der Waals surface area contributed by atoms with Gasteiger partial charge in [0.2, 0.25) is 0 Å². The molecule has 0 bridgehead atoms. The van der Waals surface area contributed by atoms with Crippen LogP contribution in [0.5, 0.6) is 5.75 Å². The summed E-state index contributed by atoms with van der Waals surface area (Å²) < 4.78 is 7.27. The highest BCUT2D eigenvalue weighted by Crippen LogP contribution is 2.21. The van der Waals surface area contributed by atoms with E-state index in [0.29, 0.717) is 0 Å². The molecule has 20 heavy (non-hydrogen) atoms. The Bertz CT molecular complexity index is 658. The third-order valence-corrected chi connectivity index (χ3v) is 4.19. The van der Waals surface area contributed by atoms with Crippen LogP contribution in [-0.4, -0.2) is 23.5 Å². The van der Waals surface area contributed by atoms with Crippen molar-refractivity contribution in [3.63, 3.8) is 0 Å². The van der Waals surface area contributed by atoms with Crippen molar-refractivity contribution in [1.29, 1.82) is 0 Å². The number of fused-ring (bicyclic) bond motifs is 1. The Hall–Kier alpha value is -1.85. The number of hydrogen-bond acceptors (Lipinski definition) is 4. The Balaban J connectivity index is 1.80. The third kappa shape index (κ3) is 2.55. The van der Waals surface area contributed by atoms with Crippen LogP contribution in [0.25, 0.3) is 4.96 Å². The molecule has 4 nitrogen and oxygen atoms in total. The molecule has 1 aromatic carbocycles. The van der Waals surface area contributed by atoms with Crippen LogP contribution in [0.2, 0.25) is 0 Å². The maximum absolute atomic E-state index is 5.20. The molecular weight excluding hydrogens is 270 g/mol. The molecule has 104 valence electrons. The van der Waals surface area contributed by atoms with Gasteiger partial charge in [-0.05, 0) is 24.7 Å². The van der Waals surface area contributed by atoms with Gasteiger partial charge in [-0.25, -0.2) is 4.98 Å². The number of nitrogens with one attached hydrogen (secondary N) is 1. The predicted molar refractivity (Wildman–Crippen MR) is 81.6 cm³/mol. The zero-order valence-corrected chi connectivity index (χ0v) is 12.4. The summed E-state index contributed by atoms with van der Waals surface area (Å²) in [5.41, 5.74) is 2.34. The Kier molecular flexibility index (Phi) is 3.71. The summed E-state index contributed by atoms with van der Waals surface area (Å²) in [6.45, 7) is 0. The topological polar surface area (TPSA) is 38.6 Å². The van der Waals surface area contributed by atoms with Gasteiger partial charge in [0.1, 0.15) is 5.75 Å². The van der Waals surface area contributed by atoms with Crippen LogP contribution in [0.3, 0.4) is 0 Å². The van der Waals surface area contributed by atoms with Crippen molar-refractivity contribution >= 4 is 16.3 Å². The molecule has 0 aliphatic heterocycles. The van der Waals surface area contributed by atoms with Gasteiger partial charge in [0.25, 0.3) is 0 Å². The molecule has 0 amide bonds. The third-order valence-electron chi connectivity index (χ3n) is 3.42. The van der Waals surface area contributed by atoms with E-state index >= 15 is 0 Å². The van der Waals surface area contributed by atoms with E-state index in [1.54, 1.807) is 18.4 Å². The van der Waals surface area contributed by atoms with E-state index in [1.165, 1.54) is 5.56 Å². The average molecular weight is 287 g/mol. The van der Waals surface area contributed by atoms with E-state index in [4.69, 9.17) is 4.74 Å². The molecule has 1 N–H and O–H groups in total. The summed E-state index contributed by atoms with van der Waals surface area (Å²) in [4.78, 5) is 5.68. The van der Waals surface area contributed by atoms with Crippen molar-refractivity contribution < 1.29 is 4.74 Å². The quantitative estimate of drug-likeness (QED) is 0.784. The van der Waals surface area contributed by atoms with Gasteiger partial charge in [0, 0.05) is 30.2 Å². The van der Waals surface area contributed by atoms with E-state index in [2.05, 4.69) is 33.0 Å². The SMILES string of the molecule is CNC(Cc1cn2ccsc2n1)c1ccc(OC)cc1. The van der Waals surface area contributed by atoms with E-state index in [0.717, 1.165) is 22.8 Å². The maximum Gasteiger partial charge on any atom is 0.193 e. The maximum atomic E-state index is 5.20. The minimum atomic E-state index is 0.255. The first-order chi connectivity index (χ1) is 9.80. The summed E-state index contributed by atoms with van der Waals surface area (Å²) in [6.07, 6.45) is 5.01. The summed E-state index contributed by atoms with van der Waals surface area (Å²) in [5, 5.41) is 5.40. The molecular formula is C15H17N3OS. The molecule has 0 fully saturated rings. The lowest BCUT2D eigenvalue weighted by Gasteiger charge is -2.15. The second-order valence-electron chi connectivity index (χ2n) is 4.64. The zero-order chi connectivity index (χ0) is 13.9. The van der Waals surface area contributed by atoms with Crippen molar-refractivity contribution in [2.24, 2.45) is 0 Å². The van der Waals surface area contributed by atoms with Crippen molar-refractivity contribution in [3.8, 4) is 5.75 Å². The Labute approximate surface area is 122 Å². The molecule has 3 rings (SSSR count). The molecule has 0 saturated carbocycles. The standard InChI is InChI=1S/C15H17N3OS/c1-16-14(11-3-5-13(19-2)6-4-11)9-12-10-18-7-8-20-15(18)17-12/h3-8,10,14,16H,9H2,1-2H3.